The zero-order chi connectivity index (χ0) is 41.5. The van der Waals surface area contributed by atoms with E-state index >= 15 is 4.21 Å². The van der Waals surface area contributed by atoms with Crippen LogP contribution in [-0.2, 0) is 9.93 Å². The molecule has 11 rings (SSSR count). The third-order valence-electron chi connectivity index (χ3n) is 11.7. The number of hydrogen-bond donors (Lipinski definition) is 1. The smallest absolute Gasteiger partial charge is 0.0987 e. The summed E-state index contributed by atoms with van der Waals surface area (Å²) in [6.45, 7) is 0. The summed E-state index contributed by atoms with van der Waals surface area (Å²) in [6.07, 6.45) is 0. The molecule has 0 saturated carbocycles. The molecule has 0 aliphatic carbocycles. The number of thiol groups is 1. The summed E-state index contributed by atoms with van der Waals surface area (Å²) >= 11 is 0. The maximum absolute atomic E-state index is 15.1. The lowest BCUT2D eigenvalue weighted by Crippen LogP contribution is -2.13. The number of aromatic nitrogens is 3. The standard InChI is InChI=1S/C57H39N3OS/c61-62(45-27-12-4-13-28-45,46-29-14-5-15-30-46)47-35-33-39(34-36-47)43-25-18-26-44(37-43)53-50-38-49(40-19-6-1-7-20-40)56-57(52(50)48-31-16-17-32-51(48)58-53)60-55(42-23-10-3-11-24-42)54(59-56)41-21-8-2-9-22-41/h1-38,62H. The number of para-hydroxylation sites is 1. The zero-order valence-corrected chi connectivity index (χ0v) is 34.5. The Morgan fingerprint density at radius 1 is 0.306 bits per heavy atom. The Morgan fingerprint density at radius 3 is 1.37 bits per heavy atom. The van der Waals surface area contributed by atoms with Crippen LogP contribution in [0.4, 0.5) is 0 Å². The molecule has 0 amide bonds. The average Bonchev–Trinajstić information content (AvgIpc) is 3.36. The summed E-state index contributed by atoms with van der Waals surface area (Å²) < 4.78 is 15.1. The Labute approximate surface area is 361 Å². The minimum atomic E-state index is -3.11. The minimum Gasteiger partial charge on any atom is -0.271 e. The van der Waals surface area contributed by atoms with Gasteiger partial charge >= 0.3 is 0 Å². The monoisotopic (exact) mass is 813 g/mol. The average molecular weight is 814 g/mol. The van der Waals surface area contributed by atoms with E-state index in [1.165, 1.54) is 0 Å². The highest BCUT2D eigenvalue weighted by molar-refractivity contribution is 8.03. The number of hydrogen-bond acceptors (Lipinski definition) is 4. The Bertz CT molecular complexity index is 3410. The van der Waals surface area contributed by atoms with Gasteiger partial charge in [0.1, 0.15) is 0 Å². The molecule has 4 nitrogen and oxygen atoms in total. The fraction of sp³-hybridized carbons (Fsp3) is 0. The highest BCUT2D eigenvalue weighted by Gasteiger charge is 2.24. The summed E-state index contributed by atoms with van der Waals surface area (Å²) in [4.78, 5) is 19.1. The van der Waals surface area contributed by atoms with Crippen molar-refractivity contribution in [3.05, 3.63) is 231 Å². The quantitative estimate of drug-likeness (QED) is 0.123. The predicted octanol–water partition coefficient (Wildman–Crippen LogP) is 14.2. The Balaban J connectivity index is 1.13. The van der Waals surface area contributed by atoms with Gasteiger partial charge in [0.15, 0.2) is 0 Å². The molecule has 0 saturated heterocycles. The minimum absolute atomic E-state index is 0.795. The molecule has 294 valence electrons. The van der Waals surface area contributed by atoms with E-state index in [2.05, 4.69) is 133 Å². The molecule has 0 radical (unpaired) electrons. The van der Waals surface area contributed by atoms with E-state index in [1.807, 2.05) is 97.1 Å². The number of rotatable bonds is 8. The molecule has 2 heterocycles. The maximum atomic E-state index is 15.1. The third kappa shape index (κ3) is 6.47. The Morgan fingerprint density at radius 2 is 0.774 bits per heavy atom. The van der Waals surface area contributed by atoms with E-state index in [0.717, 1.165) is 103 Å². The molecule has 0 bridgehead atoms. The van der Waals surface area contributed by atoms with Crippen LogP contribution >= 0.6 is 0 Å². The fourth-order valence-electron chi connectivity index (χ4n) is 8.72. The maximum Gasteiger partial charge on any atom is 0.0987 e. The molecule has 0 fully saturated rings. The van der Waals surface area contributed by atoms with Gasteiger partial charge < -0.3 is 0 Å². The lowest BCUT2D eigenvalue weighted by molar-refractivity contribution is 0.669. The van der Waals surface area contributed by atoms with E-state index in [-0.39, 0.29) is 0 Å². The second-order valence-electron chi connectivity index (χ2n) is 15.4. The molecule has 5 heteroatoms. The van der Waals surface area contributed by atoms with Crippen LogP contribution in [-0.4, -0.2) is 19.2 Å². The second-order valence-corrected chi connectivity index (χ2v) is 18.2. The lowest BCUT2D eigenvalue weighted by Gasteiger charge is -2.25. The molecule has 0 spiro atoms. The summed E-state index contributed by atoms with van der Waals surface area (Å²) in [5.74, 6) is 0. The summed E-state index contributed by atoms with van der Waals surface area (Å²) in [6, 6.07) is 78.2. The Kier molecular flexibility index (Phi) is 9.37. The van der Waals surface area contributed by atoms with Crippen molar-refractivity contribution in [1.29, 1.82) is 0 Å². The number of benzene rings is 9. The van der Waals surface area contributed by atoms with E-state index in [9.17, 15) is 0 Å². The molecular weight excluding hydrogens is 775 g/mol. The fourth-order valence-corrected chi connectivity index (χ4v) is 11.4. The van der Waals surface area contributed by atoms with Crippen molar-refractivity contribution in [3.63, 3.8) is 0 Å². The molecule has 9 aromatic carbocycles. The highest BCUT2D eigenvalue weighted by atomic mass is 32.2. The van der Waals surface area contributed by atoms with Crippen LogP contribution in [0.2, 0.25) is 0 Å². The van der Waals surface area contributed by atoms with Gasteiger partial charge in [-0.15, -0.1) is 0 Å². The van der Waals surface area contributed by atoms with Crippen molar-refractivity contribution in [2.24, 2.45) is 0 Å². The first-order valence-corrected chi connectivity index (χ1v) is 22.5. The SMILES string of the molecule is O=[SH](c1ccccc1)(c1ccccc1)c1ccc(-c2cccc(-c3nc4ccccc4c4c3cc(-c3ccccc3)c3nc(-c5ccccc5)c(-c5ccccc5)nc34)c2)cc1. The summed E-state index contributed by atoms with van der Waals surface area (Å²) in [5, 5.41) is 3.02. The van der Waals surface area contributed by atoms with E-state index in [0.29, 0.717) is 0 Å². The van der Waals surface area contributed by atoms with Crippen molar-refractivity contribution in [3.8, 4) is 56.0 Å². The van der Waals surface area contributed by atoms with E-state index in [1.54, 1.807) is 0 Å². The molecular formula is C57H39N3OS. The molecule has 11 aromatic rings. The Hall–Kier alpha value is -7.86. The number of pyridine rings is 1. The van der Waals surface area contributed by atoms with Crippen molar-refractivity contribution < 1.29 is 4.21 Å². The van der Waals surface area contributed by atoms with Crippen LogP contribution in [0.15, 0.2) is 245 Å². The van der Waals surface area contributed by atoms with Gasteiger partial charge in [-0.05, 0) is 81.2 Å². The molecule has 0 atom stereocenters. The molecule has 62 heavy (non-hydrogen) atoms. The first-order valence-electron chi connectivity index (χ1n) is 20.8. The number of fused-ring (bicyclic) bond motifs is 5. The van der Waals surface area contributed by atoms with Crippen LogP contribution in [0.5, 0.6) is 0 Å². The topological polar surface area (TPSA) is 55.7 Å². The van der Waals surface area contributed by atoms with Gasteiger partial charge in [-0.2, -0.15) is 0 Å². The van der Waals surface area contributed by atoms with Gasteiger partial charge in [-0.25, -0.2) is 15.0 Å². The zero-order valence-electron chi connectivity index (χ0n) is 33.6. The normalized spacial score (nSPS) is 11.9. The second kappa shape index (κ2) is 15.6. The molecule has 0 aliphatic rings. The van der Waals surface area contributed by atoms with Crippen LogP contribution in [0, 0.1) is 0 Å². The van der Waals surface area contributed by atoms with Gasteiger partial charge in [0.2, 0.25) is 0 Å². The van der Waals surface area contributed by atoms with Crippen molar-refractivity contribution in [2.45, 2.75) is 14.7 Å². The van der Waals surface area contributed by atoms with Crippen molar-refractivity contribution >= 4 is 42.6 Å². The summed E-state index contributed by atoms with van der Waals surface area (Å²) in [5.41, 5.74) is 12.2. The van der Waals surface area contributed by atoms with Crippen molar-refractivity contribution in [2.75, 3.05) is 0 Å². The van der Waals surface area contributed by atoms with Gasteiger partial charge in [0.05, 0.1) is 33.6 Å². The van der Waals surface area contributed by atoms with Crippen LogP contribution < -0.4 is 0 Å². The van der Waals surface area contributed by atoms with Gasteiger partial charge in [-0.1, -0.05) is 176 Å². The molecule has 0 unspecified atom stereocenters. The van der Waals surface area contributed by atoms with Crippen molar-refractivity contribution in [1.82, 2.24) is 15.0 Å². The summed E-state index contributed by atoms with van der Waals surface area (Å²) in [7, 11) is -3.11. The van der Waals surface area contributed by atoms with E-state index < -0.39 is 9.93 Å². The molecule has 0 N–H and O–H groups in total. The number of nitrogens with zero attached hydrogens (tertiary/aromatic N) is 3. The van der Waals surface area contributed by atoms with E-state index in [4.69, 9.17) is 15.0 Å². The first-order chi connectivity index (χ1) is 30.6. The van der Waals surface area contributed by atoms with Crippen LogP contribution in [0.1, 0.15) is 0 Å². The van der Waals surface area contributed by atoms with Crippen LogP contribution in [0.25, 0.3) is 88.7 Å². The van der Waals surface area contributed by atoms with Gasteiger partial charge in [0, 0.05) is 53.1 Å². The van der Waals surface area contributed by atoms with Gasteiger partial charge in [-0.3, -0.25) is 4.21 Å². The largest absolute Gasteiger partial charge is 0.271 e. The van der Waals surface area contributed by atoms with Gasteiger partial charge in [0.25, 0.3) is 0 Å². The predicted molar refractivity (Wildman–Crippen MR) is 257 cm³/mol. The van der Waals surface area contributed by atoms with Crippen LogP contribution in [0.3, 0.4) is 0 Å². The lowest BCUT2D eigenvalue weighted by atomic mass is 9.92. The molecule has 0 aliphatic heterocycles. The third-order valence-corrected chi connectivity index (χ3v) is 14.8. The molecule has 2 aromatic heterocycles. The highest BCUT2D eigenvalue weighted by Crippen LogP contribution is 2.44. The first kappa shape index (κ1) is 37.2.